The van der Waals surface area contributed by atoms with Gasteiger partial charge in [0, 0.05) is 50.4 Å². The van der Waals surface area contributed by atoms with Gasteiger partial charge in [-0.2, -0.15) is 0 Å². The van der Waals surface area contributed by atoms with Crippen LogP contribution in [0.25, 0.3) is 0 Å². The van der Waals surface area contributed by atoms with Crippen molar-refractivity contribution in [1.82, 2.24) is 14.9 Å². The van der Waals surface area contributed by atoms with E-state index in [1.807, 2.05) is 28.5 Å². The third kappa shape index (κ3) is 2.29. The number of hydrogen-bond donors (Lipinski definition) is 0. The molecule has 2 saturated heterocycles. The van der Waals surface area contributed by atoms with E-state index in [1.54, 1.807) is 12.4 Å². The van der Waals surface area contributed by atoms with E-state index in [1.165, 1.54) is 11.3 Å². The van der Waals surface area contributed by atoms with Crippen LogP contribution in [0.3, 0.4) is 0 Å². The first-order valence-corrected chi connectivity index (χ1v) is 8.04. The molecule has 0 bridgehead atoms. The fourth-order valence-electron chi connectivity index (χ4n) is 3.33. The van der Waals surface area contributed by atoms with Gasteiger partial charge in [-0.05, 0) is 17.5 Å². The van der Waals surface area contributed by atoms with Crippen LogP contribution in [0.1, 0.15) is 9.67 Å². The Morgan fingerprint density at radius 1 is 1.10 bits per heavy atom. The highest BCUT2D eigenvalue weighted by Crippen LogP contribution is 2.33. The summed E-state index contributed by atoms with van der Waals surface area (Å²) in [6.45, 7) is 3.60. The monoisotopic (exact) mass is 300 g/mol. The second-order valence-electron chi connectivity index (χ2n) is 5.66. The summed E-state index contributed by atoms with van der Waals surface area (Å²) < 4.78 is 0. The van der Waals surface area contributed by atoms with Crippen LogP contribution in [0.15, 0.2) is 36.0 Å². The summed E-state index contributed by atoms with van der Waals surface area (Å²) in [5.74, 6) is 2.07. The molecule has 108 valence electrons. The van der Waals surface area contributed by atoms with Gasteiger partial charge in [-0.25, -0.2) is 9.97 Å². The highest BCUT2D eigenvalue weighted by molar-refractivity contribution is 7.12. The Hall–Kier alpha value is -1.95. The molecule has 0 aliphatic carbocycles. The van der Waals surface area contributed by atoms with Crippen LogP contribution in [0.5, 0.6) is 0 Å². The molecule has 2 aliphatic rings. The topological polar surface area (TPSA) is 49.3 Å². The lowest BCUT2D eigenvalue weighted by atomic mass is 10.0. The van der Waals surface area contributed by atoms with Gasteiger partial charge in [-0.15, -0.1) is 11.3 Å². The molecule has 2 aromatic rings. The number of anilines is 1. The summed E-state index contributed by atoms with van der Waals surface area (Å²) in [5, 5.41) is 1.96. The first kappa shape index (κ1) is 12.8. The van der Waals surface area contributed by atoms with Crippen molar-refractivity contribution in [3.05, 3.63) is 40.8 Å². The van der Waals surface area contributed by atoms with Crippen LogP contribution in [0, 0.1) is 11.8 Å². The average molecular weight is 300 g/mol. The van der Waals surface area contributed by atoms with Gasteiger partial charge in [0.15, 0.2) is 0 Å². The smallest absolute Gasteiger partial charge is 0.263 e. The molecule has 1 amide bonds. The number of carbonyl (C=O) groups is 1. The summed E-state index contributed by atoms with van der Waals surface area (Å²) in [6.07, 6.45) is 3.56. The van der Waals surface area contributed by atoms with Crippen molar-refractivity contribution in [3.8, 4) is 0 Å². The summed E-state index contributed by atoms with van der Waals surface area (Å²) in [7, 11) is 0. The Balaban J connectivity index is 1.43. The number of likely N-dealkylation sites (tertiary alicyclic amines) is 1. The molecule has 0 radical (unpaired) electrons. The zero-order valence-corrected chi connectivity index (χ0v) is 12.4. The Morgan fingerprint density at radius 2 is 1.81 bits per heavy atom. The number of rotatable bonds is 2. The van der Waals surface area contributed by atoms with Gasteiger partial charge in [-0.3, -0.25) is 4.79 Å². The van der Waals surface area contributed by atoms with E-state index in [4.69, 9.17) is 0 Å². The third-order valence-corrected chi connectivity index (χ3v) is 5.20. The fraction of sp³-hybridized carbons (Fsp3) is 0.400. The van der Waals surface area contributed by atoms with Crippen LogP contribution in [-0.2, 0) is 0 Å². The number of aromatic nitrogens is 2. The van der Waals surface area contributed by atoms with Crippen LogP contribution in [0.2, 0.25) is 0 Å². The van der Waals surface area contributed by atoms with E-state index in [9.17, 15) is 4.79 Å². The lowest BCUT2D eigenvalue weighted by molar-refractivity contribution is 0.0787. The largest absolute Gasteiger partial charge is 0.340 e. The van der Waals surface area contributed by atoms with E-state index in [0.717, 1.165) is 37.0 Å². The Labute approximate surface area is 127 Å². The Morgan fingerprint density at radius 3 is 2.43 bits per heavy atom. The van der Waals surface area contributed by atoms with Crippen LogP contribution in [-0.4, -0.2) is 47.0 Å². The first-order chi connectivity index (χ1) is 10.3. The number of hydrogen-bond acceptors (Lipinski definition) is 5. The molecule has 0 N–H and O–H groups in total. The molecule has 2 unspecified atom stereocenters. The van der Waals surface area contributed by atoms with Crippen molar-refractivity contribution in [1.29, 1.82) is 0 Å². The standard InChI is InChI=1S/C15H16N4OS/c20-14(13-3-1-6-21-13)18-7-11-9-19(10-12(11)8-18)15-16-4-2-5-17-15/h1-6,11-12H,7-10H2. The maximum atomic E-state index is 12.4. The molecule has 4 rings (SSSR count). The van der Waals surface area contributed by atoms with Crippen molar-refractivity contribution >= 4 is 23.2 Å². The van der Waals surface area contributed by atoms with E-state index in [0.29, 0.717) is 11.8 Å². The van der Waals surface area contributed by atoms with E-state index < -0.39 is 0 Å². The molecule has 2 aliphatic heterocycles. The third-order valence-electron chi connectivity index (χ3n) is 4.34. The first-order valence-electron chi connectivity index (χ1n) is 7.16. The molecule has 2 fully saturated rings. The number of amides is 1. The minimum absolute atomic E-state index is 0.182. The predicted molar refractivity (Wildman–Crippen MR) is 81.4 cm³/mol. The molecule has 6 heteroatoms. The average Bonchev–Trinajstić information content (AvgIpc) is 3.23. The summed E-state index contributed by atoms with van der Waals surface area (Å²) in [4.78, 5) is 26.1. The van der Waals surface area contributed by atoms with Gasteiger partial charge in [0.25, 0.3) is 5.91 Å². The minimum atomic E-state index is 0.182. The normalized spacial score (nSPS) is 24.4. The SMILES string of the molecule is O=C(c1cccs1)N1CC2CN(c3ncccn3)CC2C1. The predicted octanol–water partition coefficient (Wildman–Crippen LogP) is 1.75. The highest BCUT2D eigenvalue weighted by atomic mass is 32.1. The summed E-state index contributed by atoms with van der Waals surface area (Å²) >= 11 is 1.52. The quantitative estimate of drug-likeness (QED) is 0.848. The molecule has 0 spiro atoms. The van der Waals surface area contributed by atoms with Crippen LogP contribution < -0.4 is 4.90 Å². The molecular formula is C15H16N4OS. The lowest BCUT2D eigenvalue weighted by Gasteiger charge is -2.21. The van der Waals surface area contributed by atoms with E-state index in [-0.39, 0.29) is 5.91 Å². The second kappa shape index (κ2) is 5.11. The molecule has 5 nitrogen and oxygen atoms in total. The number of carbonyl (C=O) groups excluding carboxylic acids is 1. The summed E-state index contributed by atoms with van der Waals surface area (Å²) in [6, 6.07) is 5.68. The van der Waals surface area contributed by atoms with Crippen molar-refractivity contribution < 1.29 is 4.79 Å². The van der Waals surface area contributed by atoms with Crippen LogP contribution in [0.4, 0.5) is 5.95 Å². The van der Waals surface area contributed by atoms with Gasteiger partial charge < -0.3 is 9.80 Å². The molecule has 21 heavy (non-hydrogen) atoms. The molecular weight excluding hydrogens is 284 g/mol. The van der Waals surface area contributed by atoms with Crippen molar-refractivity contribution in [2.75, 3.05) is 31.1 Å². The maximum absolute atomic E-state index is 12.4. The number of nitrogens with zero attached hydrogens (tertiary/aromatic N) is 4. The number of thiophene rings is 1. The van der Waals surface area contributed by atoms with Gasteiger partial charge in [-0.1, -0.05) is 6.07 Å². The van der Waals surface area contributed by atoms with Gasteiger partial charge in [0.1, 0.15) is 0 Å². The zero-order chi connectivity index (χ0) is 14.2. The van der Waals surface area contributed by atoms with Gasteiger partial charge >= 0.3 is 0 Å². The van der Waals surface area contributed by atoms with Crippen LogP contribution >= 0.6 is 11.3 Å². The fourth-order valence-corrected chi connectivity index (χ4v) is 4.02. The molecule has 2 aromatic heterocycles. The van der Waals surface area contributed by atoms with Gasteiger partial charge in [0.05, 0.1) is 4.88 Å². The molecule has 2 atom stereocenters. The zero-order valence-electron chi connectivity index (χ0n) is 11.6. The lowest BCUT2D eigenvalue weighted by Crippen LogP contribution is -2.33. The molecule has 4 heterocycles. The van der Waals surface area contributed by atoms with Crippen molar-refractivity contribution in [2.45, 2.75) is 0 Å². The minimum Gasteiger partial charge on any atom is -0.340 e. The Kier molecular flexibility index (Phi) is 3.11. The molecule has 0 aromatic carbocycles. The number of fused-ring (bicyclic) bond motifs is 1. The van der Waals surface area contributed by atoms with Crippen molar-refractivity contribution in [3.63, 3.8) is 0 Å². The Bertz CT molecular complexity index is 616. The second-order valence-corrected chi connectivity index (χ2v) is 6.61. The highest BCUT2D eigenvalue weighted by Gasteiger charge is 2.42. The van der Waals surface area contributed by atoms with Crippen molar-refractivity contribution in [2.24, 2.45) is 11.8 Å². The van der Waals surface area contributed by atoms with E-state index >= 15 is 0 Å². The van der Waals surface area contributed by atoms with E-state index in [2.05, 4.69) is 14.9 Å². The molecule has 0 saturated carbocycles. The maximum Gasteiger partial charge on any atom is 0.263 e. The van der Waals surface area contributed by atoms with Gasteiger partial charge in [0.2, 0.25) is 5.95 Å². The summed E-state index contributed by atoms with van der Waals surface area (Å²) in [5.41, 5.74) is 0.